The third kappa shape index (κ3) is 2.05. The molecular weight excluding hydrogens is 274 g/mol. The number of carbonyl (C=O) groups is 1. The molecule has 4 rings (SSSR count). The van der Waals surface area contributed by atoms with Crippen molar-refractivity contribution in [3.05, 3.63) is 47.5 Å². The molecule has 1 aromatic heterocycles. The van der Waals surface area contributed by atoms with Gasteiger partial charge in [0.25, 0.3) is 0 Å². The van der Waals surface area contributed by atoms with Crippen molar-refractivity contribution >= 4 is 11.6 Å². The summed E-state index contributed by atoms with van der Waals surface area (Å²) in [6.45, 7) is 3.08. The van der Waals surface area contributed by atoms with Crippen LogP contribution < -0.4 is 4.90 Å². The molecule has 0 radical (unpaired) electrons. The minimum atomic E-state index is 0.290. The van der Waals surface area contributed by atoms with Gasteiger partial charge in [-0.15, -0.1) is 0 Å². The van der Waals surface area contributed by atoms with E-state index in [-0.39, 0.29) is 0 Å². The Morgan fingerprint density at radius 3 is 2.77 bits per heavy atom. The quantitative estimate of drug-likeness (QED) is 0.869. The van der Waals surface area contributed by atoms with Crippen molar-refractivity contribution < 1.29 is 4.79 Å². The summed E-state index contributed by atoms with van der Waals surface area (Å²) in [6, 6.07) is 4.99. The van der Waals surface area contributed by atoms with Gasteiger partial charge in [0.05, 0.1) is 18.1 Å². The predicted molar refractivity (Wildman–Crippen MR) is 86.1 cm³/mol. The van der Waals surface area contributed by atoms with Crippen molar-refractivity contribution in [2.75, 3.05) is 11.4 Å². The minimum absolute atomic E-state index is 0.290. The molecular formula is C18H21N3O. The van der Waals surface area contributed by atoms with Crippen LogP contribution in [0.1, 0.15) is 48.9 Å². The third-order valence-electron chi connectivity index (χ3n) is 4.91. The fraction of sp³-hybridized carbons (Fsp3) is 0.444. The van der Waals surface area contributed by atoms with E-state index in [1.807, 2.05) is 17.4 Å². The Morgan fingerprint density at radius 1 is 1.23 bits per heavy atom. The molecule has 1 unspecified atom stereocenters. The van der Waals surface area contributed by atoms with Gasteiger partial charge in [0.15, 0.2) is 0 Å². The van der Waals surface area contributed by atoms with E-state index in [4.69, 9.17) is 0 Å². The van der Waals surface area contributed by atoms with Crippen molar-refractivity contribution in [2.45, 2.75) is 45.1 Å². The van der Waals surface area contributed by atoms with Crippen LogP contribution in [-0.4, -0.2) is 22.0 Å². The van der Waals surface area contributed by atoms with Gasteiger partial charge in [-0.05, 0) is 36.0 Å². The van der Waals surface area contributed by atoms with E-state index in [2.05, 4.69) is 34.8 Å². The summed E-state index contributed by atoms with van der Waals surface area (Å²) in [6.07, 6.45) is 10.6. The van der Waals surface area contributed by atoms with Gasteiger partial charge in [-0.3, -0.25) is 4.79 Å². The molecule has 1 atom stereocenters. The second kappa shape index (κ2) is 5.27. The summed E-state index contributed by atoms with van der Waals surface area (Å²) in [5.74, 6) is 0.290. The lowest BCUT2D eigenvalue weighted by molar-refractivity contribution is -0.118. The van der Waals surface area contributed by atoms with Crippen LogP contribution in [0.25, 0.3) is 0 Å². The van der Waals surface area contributed by atoms with E-state index in [1.165, 1.54) is 22.4 Å². The predicted octanol–water partition coefficient (Wildman–Crippen LogP) is 3.11. The van der Waals surface area contributed by atoms with Crippen LogP contribution in [0.5, 0.6) is 0 Å². The largest absolute Gasteiger partial charge is 0.330 e. The van der Waals surface area contributed by atoms with Gasteiger partial charge in [0.1, 0.15) is 0 Å². The van der Waals surface area contributed by atoms with Crippen molar-refractivity contribution in [1.82, 2.24) is 9.55 Å². The first kappa shape index (κ1) is 13.6. The highest BCUT2D eigenvalue weighted by Gasteiger charge is 2.32. The molecule has 0 N–H and O–H groups in total. The van der Waals surface area contributed by atoms with Gasteiger partial charge in [0.2, 0.25) is 5.91 Å². The molecule has 22 heavy (non-hydrogen) atoms. The minimum Gasteiger partial charge on any atom is -0.330 e. The second-order valence-electron chi connectivity index (χ2n) is 6.30. The SMILES string of the molecule is CCCC(c1cc2c3c(c1)CCN3C(=O)CC2)n1ccnc1. The molecule has 0 saturated heterocycles. The van der Waals surface area contributed by atoms with E-state index < -0.39 is 0 Å². The van der Waals surface area contributed by atoms with Crippen LogP contribution in [0.3, 0.4) is 0 Å². The van der Waals surface area contributed by atoms with Crippen LogP contribution in [0.15, 0.2) is 30.9 Å². The number of rotatable bonds is 4. The van der Waals surface area contributed by atoms with Crippen LogP contribution in [-0.2, 0) is 17.6 Å². The number of carbonyl (C=O) groups excluding carboxylic acids is 1. The van der Waals surface area contributed by atoms with Crippen molar-refractivity contribution in [1.29, 1.82) is 0 Å². The lowest BCUT2D eigenvalue weighted by Gasteiger charge is -2.27. The maximum Gasteiger partial charge on any atom is 0.227 e. The Morgan fingerprint density at radius 2 is 2.05 bits per heavy atom. The van der Waals surface area contributed by atoms with Crippen LogP contribution in [0.2, 0.25) is 0 Å². The molecule has 3 heterocycles. The van der Waals surface area contributed by atoms with Gasteiger partial charge in [-0.2, -0.15) is 0 Å². The Bertz CT molecular complexity index is 705. The van der Waals surface area contributed by atoms with Crippen LogP contribution in [0, 0.1) is 0 Å². The molecule has 0 saturated carbocycles. The molecule has 2 aromatic rings. The number of hydrogen-bond acceptors (Lipinski definition) is 2. The molecule has 0 aliphatic carbocycles. The first-order valence-corrected chi connectivity index (χ1v) is 8.21. The number of benzene rings is 1. The molecule has 114 valence electrons. The van der Waals surface area contributed by atoms with Crippen molar-refractivity contribution in [2.24, 2.45) is 0 Å². The highest BCUT2D eigenvalue weighted by molar-refractivity contribution is 5.98. The Labute approximate surface area is 130 Å². The van der Waals surface area contributed by atoms with E-state index in [0.29, 0.717) is 18.4 Å². The van der Waals surface area contributed by atoms with E-state index in [9.17, 15) is 4.79 Å². The molecule has 2 aliphatic heterocycles. The van der Waals surface area contributed by atoms with Crippen molar-refractivity contribution in [3.8, 4) is 0 Å². The average molecular weight is 295 g/mol. The highest BCUT2D eigenvalue weighted by Crippen LogP contribution is 2.39. The normalized spacial score (nSPS) is 17.7. The molecule has 0 bridgehead atoms. The smallest absolute Gasteiger partial charge is 0.227 e. The Balaban J connectivity index is 1.79. The van der Waals surface area contributed by atoms with Gasteiger partial charge in [-0.1, -0.05) is 25.5 Å². The maximum absolute atomic E-state index is 12.0. The lowest BCUT2D eigenvalue weighted by Crippen LogP contribution is -2.32. The molecule has 2 aliphatic rings. The number of anilines is 1. The van der Waals surface area contributed by atoms with Gasteiger partial charge >= 0.3 is 0 Å². The molecule has 1 aromatic carbocycles. The second-order valence-corrected chi connectivity index (χ2v) is 6.30. The molecule has 4 nitrogen and oxygen atoms in total. The van der Waals surface area contributed by atoms with Gasteiger partial charge in [0, 0.05) is 25.4 Å². The van der Waals surface area contributed by atoms with Crippen LogP contribution in [0.4, 0.5) is 5.69 Å². The third-order valence-corrected chi connectivity index (χ3v) is 4.91. The molecule has 4 heteroatoms. The fourth-order valence-corrected chi connectivity index (χ4v) is 3.89. The number of imidazole rings is 1. The van der Waals surface area contributed by atoms with E-state index in [0.717, 1.165) is 32.2 Å². The number of aromatic nitrogens is 2. The summed E-state index contributed by atoms with van der Waals surface area (Å²) in [4.78, 5) is 18.2. The molecule has 1 amide bonds. The zero-order chi connectivity index (χ0) is 15.1. The topological polar surface area (TPSA) is 38.1 Å². The summed E-state index contributed by atoms with van der Waals surface area (Å²) in [5, 5.41) is 0. The summed E-state index contributed by atoms with van der Waals surface area (Å²) < 4.78 is 2.21. The van der Waals surface area contributed by atoms with E-state index >= 15 is 0 Å². The monoisotopic (exact) mass is 295 g/mol. The van der Waals surface area contributed by atoms with Gasteiger partial charge < -0.3 is 9.47 Å². The first-order valence-electron chi connectivity index (χ1n) is 8.21. The average Bonchev–Trinajstić information content (AvgIpc) is 3.19. The summed E-state index contributed by atoms with van der Waals surface area (Å²) >= 11 is 0. The Kier molecular flexibility index (Phi) is 3.25. The zero-order valence-corrected chi connectivity index (χ0v) is 13.0. The maximum atomic E-state index is 12.0. The standard InChI is InChI=1S/C18H21N3O/c1-2-3-16(20-9-7-19-12-20)15-10-13-4-5-17(22)21-8-6-14(11-15)18(13)21/h7,9-12,16H,2-6,8H2,1H3. The van der Waals surface area contributed by atoms with E-state index in [1.54, 1.807) is 0 Å². The fourth-order valence-electron chi connectivity index (χ4n) is 3.89. The van der Waals surface area contributed by atoms with Crippen LogP contribution >= 0.6 is 0 Å². The highest BCUT2D eigenvalue weighted by atomic mass is 16.2. The molecule has 0 spiro atoms. The Hall–Kier alpha value is -2.10. The molecule has 0 fully saturated rings. The lowest BCUT2D eigenvalue weighted by atomic mass is 9.92. The number of nitrogens with zero attached hydrogens (tertiary/aromatic N) is 3. The number of amides is 1. The van der Waals surface area contributed by atoms with Gasteiger partial charge in [-0.25, -0.2) is 4.98 Å². The summed E-state index contributed by atoms with van der Waals surface area (Å²) in [5.41, 5.74) is 5.28. The zero-order valence-electron chi connectivity index (χ0n) is 13.0. The number of aryl methyl sites for hydroxylation is 1. The summed E-state index contributed by atoms with van der Waals surface area (Å²) in [7, 11) is 0. The van der Waals surface area contributed by atoms with Crippen molar-refractivity contribution in [3.63, 3.8) is 0 Å². The first-order chi connectivity index (χ1) is 10.8. The number of hydrogen-bond donors (Lipinski definition) is 0.